The van der Waals surface area contributed by atoms with E-state index in [0.717, 1.165) is 28.2 Å². The molecule has 5 rings (SSSR count). The Kier molecular flexibility index (Phi) is 5.38. The van der Waals surface area contributed by atoms with E-state index in [1.165, 1.54) is 6.07 Å². The number of nitrogens with zero attached hydrogens (tertiary/aromatic N) is 3. The molecule has 1 aliphatic heterocycles. The van der Waals surface area contributed by atoms with Crippen molar-refractivity contribution in [3.05, 3.63) is 95.3 Å². The van der Waals surface area contributed by atoms with E-state index in [4.69, 9.17) is 4.74 Å². The number of hydrogen-bond donors (Lipinski definition) is 1. The van der Waals surface area contributed by atoms with Crippen molar-refractivity contribution in [3.63, 3.8) is 0 Å². The van der Waals surface area contributed by atoms with E-state index in [0.29, 0.717) is 23.3 Å². The maximum Gasteiger partial charge on any atom is 0.251 e. The van der Waals surface area contributed by atoms with Crippen molar-refractivity contribution in [1.29, 1.82) is 0 Å². The van der Waals surface area contributed by atoms with Crippen molar-refractivity contribution in [3.8, 4) is 22.6 Å². The monoisotopic (exact) mass is 442 g/mol. The molecule has 0 radical (unpaired) electrons. The molecule has 0 saturated heterocycles. The van der Waals surface area contributed by atoms with Gasteiger partial charge in [0.15, 0.2) is 0 Å². The molecule has 33 heavy (non-hydrogen) atoms. The molecule has 1 aliphatic rings. The highest BCUT2D eigenvalue weighted by Gasteiger charge is 2.29. The van der Waals surface area contributed by atoms with E-state index in [-0.39, 0.29) is 24.4 Å². The number of benzene rings is 2. The number of hydrogen-bond acceptors (Lipinski definition) is 4. The summed E-state index contributed by atoms with van der Waals surface area (Å²) >= 11 is 0. The number of halogens is 1. The summed E-state index contributed by atoms with van der Waals surface area (Å²) < 4.78 is 22.4. The van der Waals surface area contributed by atoms with Gasteiger partial charge in [0.05, 0.1) is 17.9 Å². The number of fused-ring (bicyclic) bond motifs is 1. The summed E-state index contributed by atoms with van der Waals surface area (Å²) in [5, 5.41) is 7.38. The third kappa shape index (κ3) is 4.09. The molecule has 2 aromatic carbocycles. The zero-order chi connectivity index (χ0) is 22.9. The molecule has 1 atom stereocenters. The second kappa shape index (κ2) is 8.50. The van der Waals surface area contributed by atoms with Gasteiger partial charge in [-0.1, -0.05) is 0 Å². The van der Waals surface area contributed by atoms with Crippen molar-refractivity contribution in [2.75, 3.05) is 6.54 Å². The number of rotatable bonds is 5. The fourth-order valence-corrected chi connectivity index (χ4v) is 4.19. The Morgan fingerprint density at radius 3 is 2.58 bits per heavy atom. The maximum atomic E-state index is 14.4. The molecule has 4 aromatic rings. The number of aryl methyl sites for hydroxylation is 2. The maximum absolute atomic E-state index is 14.4. The zero-order valence-electron chi connectivity index (χ0n) is 18.4. The third-order valence-electron chi connectivity index (χ3n) is 5.78. The molecule has 1 N–H and O–H groups in total. The normalized spacial score (nSPS) is 14.6. The fourth-order valence-electron chi connectivity index (χ4n) is 4.19. The predicted octanol–water partition coefficient (Wildman–Crippen LogP) is 4.42. The summed E-state index contributed by atoms with van der Waals surface area (Å²) in [4.78, 5) is 16.7. The lowest BCUT2D eigenvalue weighted by Crippen LogP contribution is -2.34. The Morgan fingerprint density at radius 1 is 1.12 bits per heavy atom. The van der Waals surface area contributed by atoms with Crippen molar-refractivity contribution in [2.24, 2.45) is 0 Å². The van der Waals surface area contributed by atoms with E-state index < -0.39 is 0 Å². The highest BCUT2D eigenvalue weighted by Crippen LogP contribution is 2.40. The summed E-state index contributed by atoms with van der Waals surface area (Å²) in [6.45, 7) is 4.21. The van der Waals surface area contributed by atoms with E-state index in [1.54, 1.807) is 30.6 Å². The minimum atomic E-state index is -0.338. The quantitative estimate of drug-likeness (QED) is 0.497. The Labute approximate surface area is 191 Å². The molecule has 166 valence electrons. The first-order chi connectivity index (χ1) is 16.0. The molecular formula is C26H23FN4O2. The van der Waals surface area contributed by atoms with Crippen LogP contribution >= 0.6 is 0 Å². The summed E-state index contributed by atoms with van der Waals surface area (Å²) in [5.41, 5.74) is 5.68. The number of carbonyl (C=O) groups excluding carboxylic acids is 1. The summed E-state index contributed by atoms with van der Waals surface area (Å²) in [6.07, 6.45) is 3.45. The number of nitrogens with one attached hydrogen (secondary N) is 1. The van der Waals surface area contributed by atoms with Crippen LogP contribution in [0.1, 0.15) is 27.3 Å². The van der Waals surface area contributed by atoms with Crippen molar-refractivity contribution >= 4 is 5.91 Å². The zero-order valence-corrected chi connectivity index (χ0v) is 18.4. The summed E-state index contributed by atoms with van der Waals surface area (Å²) in [5.74, 6) is 0.0374. The Balaban J connectivity index is 1.26. The van der Waals surface area contributed by atoms with Crippen LogP contribution in [0.25, 0.3) is 16.8 Å². The number of ether oxygens (including phenoxy) is 1. The van der Waals surface area contributed by atoms with Gasteiger partial charge in [-0.15, -0.1) is 0 Å². The molecule has 1 amide bonds. The van der Waals surface area contributed by atoms with E-state index >= 15 is 0 Å². The van der Waals surface area contributed by atoms with Gasteiger partial charge in [-0.25, -0.2) is 9.07 Å². The Morgan fingerprint density at radius 2 is 1.88 bits per heavy atom. The summed E-state index contributed by atoms with van der Waals surface area (Å²) in [6, 6.07) is 16.2. The first kappa shape index (κ1) is 20.9. The second-order valence-electron chi connectivity index (χ2n) is 8.18. The van der Waals surface area contributed by atoms with E-state index in [9.17, 15) is 9.18 Å². The van der Waals surface area contributed by atoms with Crippen LogP contribution in [0.3, 0.4) is 0 Å². The van der Waals surface area contributed by atoms with Crippen LogP contribution in [0.15, 0.2) is 67.0 Å². The minimum Gasteiger partial charge on any atom is -0.487 e. The van der Waals surface area contributed by atoms with Gasteiger partial charge in [0.25, 0.3) is 5.91 Å². The largest absolute Gasteiger partial charge is 0.487 e. The van der Waals surface area contributed by atoms with Crippen LogP contribution in [-0.2, 0) is 6.42 Å². The molecule has 6 nitrogen and oxygen atoms in total. The second-order valence-corrected chi connectivity index (χ2v) is 8.18. The van der Waals surface area contributed by atoms with Crippen LogP contribution in [0, 0.1) is 19.7 Å². The molecule has 0 unspecified atom stereocenters. The van der Waals surface area contributed by atoms with Gasteiger partial charge in [-0.3, -0.25) is 9.78 Å². The van der Waals surface area contributed by atoms with Crippen molar-refractivity contribution < 1.29 is 13.9 Å². The predicted molar refractivity (Wildman–Crippen MR) is 123 cm³/mol. The topological polar surface area (TPSA) is 69.0 Å². The SMILES string of the molecule is Cc1cc(C)n(-c2ccc(C(=O)NC[C@@H]3Cc4c(F)ccc(-c5ccncc5)c4O3)cc2)n1. The fraction of sp³-hybridized carbons (Fsp3) is 0.192. The highest BCUT2D eigenvalue weighted by atomic mass is 19.1. The average molecular weight is 442 g/mol. The Hall–Kier alpha value is -4.00. The van der Waals surface area contributed by atoms with Gasteiger partial charge in [-0.05, 0) is 74.0 Å². The smallest absolute Gasteiger partial charge is 0.251 e. The van der Waals surface area contributed by atoms with Crippen molar-refractivity contribution in [1.82, 2.24) is 20.1 Å². The number of aromatic nitrogens is 3. The van der Waals surface area contributed by atoms with E-state index in [1.807, 2.05) is 48.9 Å². The van der Waals surface area contributed by atoms with Crippen LogP contribution in [0.5, 0.6) is 5.75 Å². The lowest BCUT2D eigenvalue weighted by molar-refractivity contribution is 0.0933. The highest BCUT2D eigenvalue weighted by molar-refractivity contribution is 5.94. The summed E-state index contributed by atoms with van der Waals surface area (Å²) in [7, 11) is 0. The van der Waals surface area contributed by atoms with Crippen LogP contribution < -0.4 is 10.1 Å². The molecule has 2 aromatic heterocycles. The van der Waals surface area contributed by atoms with Gasteiger partial charge >= 0.3 is 0 Å². The molecule has 0 bridgehead atoms. The first-order valence-electron chi connectivity index (χ1n) is 10.8. The number of amides is 1. The Bertz CT molecular complexity index is 1320. The number of carbonyl (C=O) groups is 1. The third-order valence-corrected chi connectivity index (χ3v) is 5.78. The van der Waals surface area contributed by atoms with Gasteiger partial charge in [0.2, 0.25) is 0 Å². The van der Waals surface area contributed by atoms with Gasteiger partial charge in [0, 0.05) is 41.2 Å². The van der Waals surface area contributed by atoms with Crippen LogP contribution in [0.2, 0.25) is 0 Å². The molecule has 0 aliphatic carbocycles. The van der Waals surface area contributed by atoms with E-state index in [2.05, 4.69) is 15.4 Å². The average Bonchev–Trinajstić information content (AvgIpc) is 3.41. The van der Waals surface area contributed by atoms with Gasteiger partial charge in [-0.2, -0.15) is 5.10 Å². The lowest BCUT2D eigenvalue weighted by atomic mass is 10.0. The first-order valence-corrected chi connectivity index (χ1v) is 10.8. The van der Waals surface area contributed by atoms with Gasteiger partial charge < -0.3 is 10.1 Å². The molecule has 0 spiro atoms. The molecule has 0 fully saturated rings. The molecule has 0 saturated carbocycles. The minimum absolute atomic E-state index is 0.204. The van der Waals surface area contributed by atoms with Crippen LogP contribution in [0.4, 0.5) is 4.39 Å². The number of pyridine rings is 1. The lowest BCUT2D eigenvalue weighted by Gasteiger charge is -2.14. The van der Waals surface area contributed by atoms with Gasteiger partial charge in [0.1, 0.15) is 17.7 Å². The molecule has 7 heteroatoms. The van der Waals surface area contributed by atoms with Crippen molar-refractivity contribution in [2.45, 2.75) is 26.4 Å². The molecular weight excluding hydrogens is 419 g/mol. The molecule has 3 heterocycles. The standard InChI is InChI=1S/C26H23FN4O2/c1-16-13-17(2)31(30-16)20-5-3-19(4-6-20)26(32)29-15-21-14-23-24(27)8-7-22(25(23)33-21)18-9-11-28-12-10-18/h3-13,21H,14-15H2,1-2H3,(H,29,32)/t21-/m0/s1. The van der Waals surface area contributed by atoms with Crippen LogP contribution in [-0.4, -0.2) is 33.3 Å².